The lowest BCUT2D eigenvalue weighted by atomic mass is 9.71. The average molecular weight is 392 g/mol. The van der Waals surface area contributed by atoms with Crippen molar-refractivity contribution in [2.45, 2.75) is 43.9 Å². The van der Waals surface area contributed by atoms with Crippen LogP contribution in [0.3, 0.4) is 0 Å². The molecule has 27 heavy (non-hydrogen) atoms. The molecule has 3 rings (SSSR count). The Bertz CT molecular complexity index is 712. The first-order chi connectivity index (χ1) is 13.1. The first kappa shape index (κ1) is 20.4. The molecule has 1 aromatic carbocycles. The summed E-state index contributed by atoms with van der Waals surface area (Å²) in [5.41, 5.74) is 4.21. The maximum atomic E-state index is 6.28. The van der Waals surface area contributed by atoms with Crippen LogP contribution in [0.15, 0.2) is 41.5 Å². The molecule has 0 spiro atoms. The normalized spacial score (nSPS) is 22.5. The number of likely N-dealkylation sites (N-methyl/N-ethyl adjacent to an activating group) is 1. The summed E-state index contributed by atoms with van der Waals surface area (Å²) < 4.78 is 16.4. The molecule has 2 atom stereocenters. The van der Waals surface area contributed by atoms with Crippen LogP contribution in [0.25, 0.3) is 0 Å². The quantitative estimate of drug-likeness (QED) is 0.625. The largest absolute Gasteiger partial charge is 0.495 e. The second-order valence-corrected chi connectivity index (χ2v) is 7.69. The van der Waals surface area contributed by atoms with Crippen molar-refractivity contribution in [3.63, 3.8) is 0 Å². The summed E-state index contributed by atoms with van der Waals surface area (Å²) in [6.45, 7) is 0.727. The van der Waals surface area contributed by atoms with Crippen LogP contribution >= 0.6 is 11.6 Å². The van der Waals surface area contributed by atoms with Gasteiger partial charge in [0.05, 0.1) is 12.1 Å². The van der Waals surface area contributed by atoms with E-state index in [-0.39, 0.29) is 12.2 Å². The highest BCUT2D eigenvalue weighted by molar-refractivity contribution is 6.32. The zero-order valence-corrected chi connectivity index (χ0v) is 17.5. The van der Waals surface area contributed by atoms with Gasteiger partial charge in [-0.1, -0.05) is 29.8 Å². The van der Waals surface area contributed by atoms with Gasteiger partial charge >= 0.3 is 0 Å². The Morgan fingerprint density at radius 1 is 1.15 bits per heavy atom. The van der Waals surface area contributed by atoms with E-state index >= 15 is 0 Å². The number of methoxy groups -OCH3 is 3. The number of hydrogen-bond acceptors (Lipinski definition) is 4. The predicted molar refractivity (Wildman–Crippen MR) is 110 cm³/mol. The lowest BCUT2D eigenvalue weighted by Crippen LogP contribution is -2.44. The monoisotopic (exact) mass is 391 g/mol. The summed E-state index contributed by atoms with van der Waals surface area (Å²) in [6, 6.07) is 6.54. The van der Waals surface area contributed by atoms with Gasteiger partial charge in [0, 0.05) is 32.7 Å². The smallest absolute Gasteiger partial charge is 0.169 e. The standard InChI is InChI=1S/C22H30ClNO3/c1-24(14-21(26-3)27-4)19-12-10-15-7-5-6-8-17(15)22(19)16-9-11-18(23)20(13-16)25-2/h7-9,11,13,19,21-22H,5-6,10,12,14H2,1-4H3/t19?,22-/m0/s1. The van der Waals surface area contributed by atoms with E-state index in [0.717, 1.165) is 38.0 Å². The summed E-state index contributed by atoms with van der Waals surface area (Å²) in [5, 5.41) is 0.647. The maximum absolute atomic E-state index is 6.28. The van der Waals surface area contributed by atoms with Gasteiger partial charge in [-0.15, -0.1) is 0 Å². The molecule has 0 saturated heterocycles. The van der Waals surface area contributed by atoms with Gasteiger partial charge in [0.1, 0.15) is 5.75 Å². The first-order valence-electron chi connectivity index (χ1n) is 9.57. The van der Waals surface area contributed by atoms with Crippen LogP contribution in [0.2, 0.25) is 5.02 Å². The van der Waals surface area contributed by atoms with Gasteiger partial charge in [0.25, 0.3) is 0 Å². The molecular weight excluding hydrogens is 362 g/mol. The van der Waals surface area contributed by atoms with E-state index in [1.54, 1.807) is 21.3 Å². The molecule has 0 N–H and O–H groups in total. The molecule has 0 amide bonds. The van der Waals surface area contributed by atoms with Crippen LogP contribution in [0.1, 0.15) is 37.2 Å². The van der Waals surface area contributed by atoms with Crippen molar-refractivity contribution in [3.8, 4) is 5.75 Å². The van der Waals surface area contributed by atoms with Crippen molar-refractivity contribution in [2.75, 3.05) is 34.9 Å². The number of ether oxygens (including phenoxy) is 3. The molecule has 0 aliphatic heterocycles. The molecule has 5 heteroatoms. The average Bonchev–Trinajstić information content (AvgIpc) is 2.71. The van der Waals surface area contributed by atoms with Gasteiger partial charge in [-0.3, -0.25) is 4.90 Å². The van der Waals surface area contributed by atoms with E-state index in [1.165, 1.54) is 16.7 Å². The lowest BCUT2D eigenvalue weighted by Gasteiger charge is -2.42. The Morgan fingerprint density at radius 3 is 2.59 bits per heavy atom. The van der Waals surface area contributed by atoms with E-state index in [0.29, 0.717) is 11.1 Å². The second kappa shape index (κ2) is 9.24. The lowest BCUT2D eigenvalue weighted by molar-refractivity contribution is -0.118. The summed E-state index contributed by atoms with van der Waals surface area (Å²) >= 11 is 6.28. The van der Waals surface area contributed by atoms with Gasteiger partial charge in [0.2, 0.25) is 0 Å². The van der Waals surface area contributed by atoms with Crippen molar-refractivity contribution in [2.24, 2.45) is 0 Å². The molecule has 4 nitrogen and oxygen atoms in total. The third-order valence-corrected chi connectivity index (χ3v) is 6.10. The topological polar surface area (TPSA) is 30.9 Å². The van der Waals surface area contributed by atoms with Gasteiger partial charge in [0.15, 0.2) is 6.29 Å². The fourth-order valence-corrected chi connectivity index (χ4v) is 4.55. The van der Waals surface area contributed by atoms with Crippen molar-refractivity contribution in [1.82, 2.24) is 4.90 Å². The molecule has 1 aromatic rings. The first-order valence-corrected chi connectivity index (χ1v) is 9.95. The molecule has 148 valence electrons. The third-order valence-electron chi connectivity index (χ3n) is 5.79. The summed E-state index contributed by atoms with van der Waals surface area (Å²) in [6.07, 6.45) is 9.08. The Kier molecular flexibility index (Phi) is 6.99. The highest BCUT2D eigenvalue weighted by Gasteiger charge is 2.36. The summed E-state index contributed by atoms with van der Waals surface area (Å²) in [5.74, 6) is 1.02. The summed E-state index contributed by atoms with van der Waals surface area (Å²) in [4.78, 5) is 2.37. The van der Waals surface area contributed by atoms with Crippen LogP contribution < -0.4 is 4.74 Å². The molecule has 2 aliphatic carbocycles. The fourth-order valence-electron chi connectivity index (χ4n) is 4.36. The maximum Gasteiger partial charge on any atom is 0.169 e. The number of fused-ring (bicyclic) bond motifs is 1. The number of nitrogens with zero attached hydrogens (tertiary/aromatic N) is 1. The molecule has 0 radical (unpaired) electrons. The van der Waals surface area contributed by atoms with E-state index in [1.807, 2.05) is 6.07 Å². The van der Waals surface area contributed by atoms with E-state index in [9.17, 15) is 0 Å². The predicted octanol–water partition coefficient (Wildman–Crippen LogP) is 4.79. The number of allylic oxidation sites excluding steroid dienone is 3. The third kappa shape index (κ3) is 4.40. The van der Waals surface area contributed by atoms with Crippen molar-refractivity contribution in [1.29, 1.82) is 0 Å². The van der Waals surface area contributed by atoms with Crippen molar-refractivity contribution in [3.05, 3.63) is 52.1 Å². The van der Waals surface area contributed by atoms with Crippen LogP contribution in [0.5, 0.6) is 5.75 Å². The van der Waals surface area contributed by atoms with Crippen molar-refractivity contribution < 1.29 is 14.2 Å². The second-order valence-electron chi connectivity index (χ2n) is 7.28. The number of benzene rings is 1. The van der Waals surface area contributed by atoms with E-state index in [2.05, 4.69) is 36.2 Å². The Morgan fingerprint density at radius 2 is 1.89 bits per heavy atom. The Balaban J connectivity index is 1.96. The molecular formula is C22H30ClNO3. The van der Waals surface area contributed by atoms with Gasteiger partial charge in [-0.25, -0.2) is 0 Å². The van der Waals surface area contributed by atoms with Crippen LogP contribution in [-0.2, 0) is 9.47 Å². The zero-order valence-electron chi connectivity index (χ0n) is 16.7. The van der Waals surface area contributed by atoms with Crippen LogP contribution in [0.4, 0.5) is 0 Å². The van der Waals surface area contributed by atoms with Gasteiger partial charge in [-0.2, -0.15) is 0 Å². The molecule has 1 unspecified atom stereocenters. The van der Waals surface area contributed by atoms with Crippen LogP contribution in [0, 0.1) is 0 Å². The SMILES string of the molecule is COc1cc([C@H]2C3=CCCC=C3CCC2N(C)CC(OC)OC)ccc1Cl. The Labute approximate surface area is 167 Å². The van der Waals surface area contributed by atoms with E-state index in [4.69, 9.17) is 25.8 Å². The van der Waals surface area contributed by atoms with Crippen LogP contribution in [-0.4, -0.2) is 52.2 Å². The number of halogens is 1. The van der Waals surface area contributed by atoms with E-state index < -0.39 is 0 Å². The van der Waals surface area contributed by atoms with Gasteiger partial charge in [-0.05, 0) is 61.6 Å². The molecule has 2 aliphatic rings. The highest BCUT2D eigenvalue weighted by Crippen LogP contribution is 2.45. The van der Waals surface area contributed by atoms with Gasteiger partial charge < -0.3 is 14.2 Å². The minimum atomic E-state index is -0.229. The zero-order chi connectivity index (χ0) is 19.4. The minimum Gasteiger partial charge on any atom is -0.495 e. The number of hydrogen-bond donors (Lipinski definition) is 0. The van der Waals surface area contributed by atoms with Crippen molar-refractivity contribution >= 4 is 11.6 Å². The molecule has 0 aromatic heterocycles. The fraction of sp³-hybridized carbons (Fsp3) is 0.545. The summed E-state index contributed by atoms with van der Waals surface area (Å²) in [7, 11) is 7.21. The molecule has 0 heterocycles. The molecule has 1 saturated carbocycles. The molecule has 0 bridgehead atoms. The highest BCUT2D eigenvalue weighted by atomic mass is 35.5. The molecule has 1 fully saturated rings. The Hall–Kier alpha value is -1.33. The number of rotatable bonds is 7. The minimum absolute atomic E-state index is 0.229.